The monoisotopic (exact) mass is 455 g/mol. The van der Waals surface area contributed by atoms with Crippen LogP contribution in [-0.4, -0.2) is 54.1 Å². The average Bonchev–Trinajstić information content (AvgIpc) is 3.15. The molecule has 0 spiro atoms. The van der Waals surface area contributed by atoms with Crippen molar-refractivity contribution in [1.82, 2.24) is 15.3 Å². The minimum atomic E-state index is -0.0677. The van der Waals surface area contributed by atoms with Crippen molar-refractivity contribution >= 4 is 17.7 Å². The third-order valence-corrected chi connectivity index (χ3v) is 6.09. The van der Waals surface area contributed by atoms with Gasteiger partial charge in [0.1, 0.15) is 5.82 Å². The fourth-order valence-electron chi connectivity index (χ4n) is 3.28. The number of aliphatic hydroxyl groups excluding tert-OH is 1. The Morgan fingerprint density at radius 2 is 1.88 bits per heavy atom. The van der Waals surface area contributed by atoms with Crippen molar-refractivity contribution in [2.24, 2.45) is 0 Å². The molecule has 1 heterocycles. The molecule has 0 aliphatic carbocycles. The number of benzene rings is 2. The highest BCUT2D eigenvalue weighted by Gasteiger charge is 2.18. The molecule has 0 saturated heterocycles. The van der Waals surface area contributed by atoms with E-state index >= 15 is 0 Å². The number of nitrogens with one attached hydrogen (secondary N) is 2. The Morgan fingerprint density at radius 3 is 2.47 bits per heavy atom. The maximum absolute atomic E-state index is 11.6. The van der Waals surface area contributed by atoms with Gasteiger partial charge in [-0.3, -0.25) is 4.79 Å². The second-order valence-corrected chi connectivity index (χ2v) is 8.30. The van der Waals surface area contributed by atoms with E-state index in [1.165, 1.54) is 11.8 Å². The Balaban J connectivity index is 1.81. The molecule has 0 atom stereocenters. The Hall–Kier alpha value is -2.97. The van der Waals surface area contributed by atoms with Gasteiger partial charge in [-0.1, -0.05) is 24.3 Å². The number of imidazole rings is 1. The van der Waals surface area contributed by atoms with Crippen molar-refractivity contribution in [3.05, 3.63) is 53.3 Å². The number of nitrogens with zero attached hydrogens (tertiary/aromatic N) is 1. The summed E-state index contributed by atoms with van der Waals surface area (Å²) in [5.74, 6) is 3.04. The van der Waals surface area contributed by atoms with E-state index in [9.17, 15) is 4.79 Å². The number of carbonyl (C=O) groups is 1. The summed E-state index contributed by atoms with van der Waals surface area (Å²) in [5, 5.41) is 11.4. The van der Waals surface area contributed by atoms with Crippen LogP contribution in [0, 0.1) is 13.8 Å². The van der Waals surface area contributed by atoms with Gasteiger partial charge in [0.15, 0.2) is 11.5 Å². The number of hydrogen-bond acceptors (Lipinski definition) is 6. The quantitative estimate of drug-likeness (QED) is 0.431. The average molecular weight is 456 g/mol. The Morgan fingerprint density at radius 1 is 1.12 bits per heavy atom. The fourth-order valence-corrected chi connectivity index (χ4v) is 4.10. The number of ether oxygens (including phenoxy) is 2. The summed E-state index contributed by atoms with van der Waals surface area (Å²) in [5.41, 5.74) is 5.96. The van der Waals surface area contributed by atoms with E-state index in [2.05, 4.69) is 39.6 Å². The zero-order valence-electron chi connectivity index (χ0n) is 18.8. The number of methoxy groups -OCH3 is 2. The molecule has 0 radical (unpaired) electrons. The third-order valence-electron chi connectivity index (χ3n) is 5.09. The van der Waals surface area contributed by atoms with Crippen molar-refractivity contribution < 1.29 is 19.4 Å². The predicted octanol–water partition coefficient (Wildman–Crippen LogP) is 3.72. The van der Waals surface area contributed by atoms with Crippen LogP contribution in [0.5, 0.6) is 11.5 Å². The lowest BCUT2D eigenvalue weighted by Gasteiger charge is -2.14. The van der Waals surface area contributed by atoms with Gasteiger partial charge in [-0.05, 0) is 42.7 Å². The van der Waals surface area contributed by atoms with Crippen LogP contribution in [0.25, 0.3) is 22.5 Å². The zero-order valence-corrected chi connectivity index (χ0v) is 19.6. The number of amides is 1. The highest BCUT2D eigenvalue weighted by atomic mass is 32.2. The number of aromatic nitrogens is 2. The van der Waals surface area contributed by atoms with Gasteiger partial charge in [-0.2, -0.15) is 0 Å². The summed E-state index contributed by atoms with van der Waals surface area (Å²) in [6, 6.07) is 12.3. The zero-order chi connectivity index (χ0) is 23.1. The van der Waals surface area contributed by atoms with E-state index in [1.807, 2.05) is 26.0 Å². The van der Waals surface area contributed by atoms with Crippen LogP contribution in [-0.2, 0) is 10.5 Å². The van der Waals surface area contributed by atoms with Crippen molar-refractivity contribution in [1.29, 1.82) is 0 Å². The highest BCUT2D eigenvalue weighted by Crippen LogP contribution is 2.41. The predicted molar refractivity (Wildman–Crippen MR) is 128 cm³/mol. The van der Waals surface area contributed by atoms with Gasteiger partial charge in [-0.25, -0.2) is 4.98 Å². The van der Waals surface area contributed by atoms with Crippen molar-refractivity contribution in [3.8, 4) is 34.0 Å². The molecule has 0 aliphatic rings. The second-order valence-electron chi connectivity index (χ2n) is 7.32. The Kier molecular flexibility index (Phi) is 8.19. The van der Waals surface area contributed by atoms with E-state index < -0.39 is 0 Å². The summed E-state index contributed by atoms with van der Waals surface area (Å²) in [7, 11) is 3.25. The van der Waals surface area contributed by atoms with Crippen LogP contribution in [0.4, 0.5) is 0 Å². The van der Waals surface area contributed by atoms with Crippen LogP contribution in [0.3, 0.4) is 0 Å². The third kappa shape index (κ3) is 5.63. The molecule has 0 fully saturated rings. The molecular weight excluding hydrogens is 426 g/mol. The number of hydrogen-bond donors (Lipinski definition) is 3. The van der Waals surface area contributed by atoms with Gasteiger partial charge < -0.3 is 24.9 Å². The van der Waals surface area contributed by atoms with Gasteiger partial charge in [0.25, 0.3) is 0 Å². The first-order valence-electron chi connectivity index (χ1n) is 10.3. The number of rotatable bonds is 10. The molecule has 0 bridgehead atoms. The normalized spacial score (nSPS) is 10.8. The van der Waals surface area contributed by atoms with Gasteiger partial charge >= 0.3 is 0 Å². The highest BCUT2D eigenvalue weighted by molar-refractivity contribution is 7.99. The number of aromatic amines is 1. The summed E-state index contributed by atoms with van der Waals surface area (Å²) < 4.78 is 11.2. The summed E-state index contributed by atoms with van der Waals surface area (Å²) >= 11 is 1.54. The molecule has 3 rings (SSSR count). The Bertz CT molecular complexity index is 1040. The largest absolute Gasteiger partial charge is 0.493 e. The van der Waals surface area contributed by atoms with Gasteiger partial charge in [0.2, 0.25) is 5.91 Å². The molecule has 8 heteroatoms. The molecule has 2 aromatic carbocycles. The van der Waals surface area contributed by atoms with Gasteiger partial charge in [0, 0.05) is 18.0 Å². The van der Waals surface area contributed by atoms with Crippen LogP contribution < -0.4 is 14.8 Å². The summed E-state index contributed by atoms with van der Waals surface area (Å²) in [6.45, 7) is 4.20. The summed E-state index contributed by atoms with van der Waals surface area (Å²) in [4.78, 5) is 19.6. The van der Waals surface area contributed by atoms with Crippen LogP contribution in [0.15, 0.2) is 36.4 Å². The number of aryl methyl sites for hydroxylation is 2. The lowest BCUT2D eigenvalue weighted by atomic mass is 10.0. The van der Waals surface area contributed by atoms with Crippen molar-refractivity contribution in [3.63, 3.8) is 0 Å². The number of carbonyl (C=O) groups excluding carboxylic acids is 1. The maximum atomic E-state index is 11.6. The van der Waals surface area contributed by atoms with Crippen molar-refractivity contribution in [2.75, 3.05) is 33.1 Å². The molecule has 1 amide bonds. The van der Waals surface area contributed by atoms with E-state index in [4.69, 9.17) is 14.6 Å². The molecule has 1 aromatic heterocycles. The number of thioether (sulfide) groups is 1. The lowest BCUT2D eigenvalue weighted by Crippen LogP contribution is -2.27. The number of aliphatic hydroxyl groups is 1. The molecule has 0 unspecified atom stereocenters. The SMILES string of the molecule is COc1cc(-c2ccc(CSCC(=O)NCCO)cc2)cc(-c2nc(C)c(C)[nH]2)c1OC. The first kappa shape index (κ1) is 23.7. The molecule has 170 valence electrons. The Labute approximate surface area is 192 Å². The molecule has 3 aromatic rings. The van der Waals surface area contributed by atoms with Crippen molar-refractivity contribution in [2.45, 2.75) is 19.6 Å². The van der Waals surface area contributed by atoms with Crippen LogP contribution in [0.2, 0.25) is 0 Å². The van der Waals surface area contributed by atoms with E-state index in [-0.39, 0.29) is 12.5 Å². The standard InChI is InChI=1S/C24H29N3O4S/c1-15-16(2)27-24(26-15)20-11-19(12-21(30-3)23(20)31-4)18-7-5-17(6-8-18)13-32-14-22(29)25-9-10-28/h5-8,11-12,28H,9-10,13-14H2,1-4H3,(H,25,29)(H,26,27). The molecule has 3 N–H and O–H groups in total. The lowest BCUT2D eigenvalue weighted by molar-refractivity contribution is -0.118. The molecule has 32 heavy (non-hydrogen) atoms. The van der Waals surface area contributed by atoms with E-state index in [0.717, 1.165) is 45.2 Å². The first-order chi connectivity index (χ1) is 15.5. The van der Waals surface area contributed by atoms with E-state index in [0.29, 0.717) is 23.8 Å². The second kappa shape index (κ2) is 11.1. The topological polar surface area (TPSA) is 96.5 Å². The maximum Gasteiger partial charge on any atom is 0.230 e. The summed E-state index contributed by atoms with van der Waals surface area (Å²) in [6.07, 6.45) is 0. The molecule has 0 aliphatic heterocycles. The molecule has 7 nitrogen and oxygen atoms in total. The van der Waals surface area contributed by atoms with Crippen LogP contribution >= 0.6 is 11.8 Å². The molecule has 0 saturated carbocycles. The van der Waals surface area contributed by atoms with Gasteiger partial charge in [-0.15, -0.1) is 11.8 Å². The van der Waals surface area contributed by atoms with Crippen LogP contribution in [0.1, 0.15) is 17.0 Å². The van der Waals surface area contributed by atoms with Gasteiger partial charge in [0.05, 0.1) is 37.8 Å². The number of H-pyrrole nitrogens is 1. The molecular formula is C24H29N3O4S. The minimum absolute atomic E-state index is 0.0468. The fraction of sp³-hybridized carbons (Fsp3) is 0.333. The van der Waals surface area contributed by atoms with E-state index in [1.54, 1.807) is 14.2 Å². The minimum Gasteiger partial charge on any atom is -0.493 e. The smallest absolute Gasteiger partial charge is 0.230 e. The first-order valence-corrected chi connectivity index (χ1v) is 11.5.